The Morgan fingerprint density at radius 2 is 2.10 bits per heavy atom. The number of carbonyl (C=O) groups is 1. The molecule has 0 aliphatic carbocycles. The van der Waals surface area contributed by atoms with Gasteiger partial charge in [-0.3, -0.25) is 9.69 Å². The Bertz CT molecular complexity index is 455. The molecule has 0 saturated carbocycles. The number of piperidine rings is 1. The highest BCUT2D eigenvalue weighted by Gasteiger charge is 2.24. The number of carboxylic acids is 1. The summed E-state index contributed by atoms with van der Waals surface area (Å²) in [5, 5.41) is 8.83. The van der Waals surface area contributed by atoms with Crippen LogP contribution in [0.15, 0.2) is 24.3 Å². The molecule has 1 N–H and O–H groups in total. The minimum atomic E-state index is -0.671. The van der Waals surface area contributed by atoms with E-state index in [4.69, 9.17) is 5.11 Å². The lowest BCUT2D eigenvalue weighted by Crippen LogP contribution is -2.37. The van der Waals surface area contributed by atoms with Crippen molar-refractivity contribution in [2.24, 2.45) is 5.92 Å². The van der Waals surface area contributed by atoms with E-state index in [9.17, 15) is 4.79 Å². The first-order chi connectivity index (χ1) is 10.1. The molecule has 2 atom stereocenters. The molecule has 3 heteroatoms. The van der Waals surface area contributed by atoms with Crippen molar-refractivity contribution < 1.29 is 9.90 Å². The number of nitrogens with zero attached hydrogens (tertiary/aromatic N) is 1. The highest BCUT2D eigenvalue weighted by atomic mass is 16.4. The van der Waals surface area contributed by atoms with Crippen LogP contribution in [-0.4, -0.2) is 29.1 Å². The number of rotatable bonds is 6. The van der Waals surface area contributed by atoms with Gasteiger partial charge in [0.2, 0.25) is 0 Å². The van der Waals surface area contributed by atoms with Crippen molar-refractivity contribution in [3.63, 3.8) is 0 Å². The van der Waals surface area contributed by atoms with Gasteiger partial charge in [0, 0.05) is 19.0 Å². The first-order valence-electron chi connectivity index (χ1n) is 8.14. The van der Waals surface area contributed by atoms with Gasteiger partial charge in [0.1, 0.15) is 0 Å². The molecule has 116 valence electrons. The molecule has 1 aliphatic rings. The summed E-state index contributed by atoms with van der Waals surface area (Å²) in [6.45, 7) is 6.60. The van der Waals surface area contributed by atoms with E-state index in [1.54, 1.807) is 0 Å². The second kappa shape index (κ2) is 7.60. The van der Waals surface area contributed by atoms with Crippen molar-refractivity contribution >= 4 is 5.97 Å². The quantitative estimate of drug-likeness (QED) is 0.863. The monoisotopic (exact) mass is 289 g/mol. The molecule has 1 heterocycles. The lowest BCUT2D eigenvalue weighted by atomic mass is 9.91. The van der Waals surface area contributed by atoms with Gasteiger partial charge >= 0.3 is 5.97 Å². The number of aliphatic carboxylic acids is 1. The maximum atomic E-state index is 10.7. The van der Waals surface area contributed by atoms with Gasteiger partial charge in [-0.15, -0.1) is 0 Å². The van der Waals surface area contributed by atoms with Crippen LogP contribution in [0.1, 0.15) is 56.7 Å². The molecule has 1 saturated heterocycles. The molecule has 3 nitrogen and oxygen atoms in total. The van der Waals surface area contributed by atoms with Crippen LogP contribution in [-0.2, 0) is 11.2 Å². The van der Waals surface area contributed by atoms with Crippen LogP contribution < -0.4 is 0 Å². The largest absolute Gasteiger partial charge is 0.481 e. The van der Waals surface area contributed by atoms with Crippen LogP contribution in [0.5, 0.6) is 0 Å². The molecule has 1 fully saturated rings. The maximum absolute atomic E-state index is 10.7. The SMILES string of the molecule is CCc1ccc(C(C)N2CCCC(CCC(=O)O)C2)cc1. The Hall–Kier alpha value is -1.35. The second-order valence-corrected chi connectivity index (χ2v) is 6.21. The number of aryl methyl sites for hydroxylation is 1. The average Bonchev–Trinajstić information content (AvgIpc) is 2.52. The first-order valence-corrected chi connectivity index (χ1v) is 8.14. The minimum Gasteiger partial charge on any atom is -0.481 e. The third kappa shape index (κ3) is 4.57. The van der Waals surface area contributed by atoms with E-state index in [2.05, 4.69) is 43.0 Å². The normalized spacial score (nSPS) is 21.1. The van der Waals surface area contributed by atoms with Crippen molar-refractivity contribution in [1.82, 2.24) is 4.90 Å². The van der Waals surface area contributed by atoms with Crippen molar-refractivity contribution in [1.29, 1.82) is 0 Å². The minimum absolute atomic E-state index is 0.304. The number of carboxylic acid groups (broad SMARTS) is 1. The van der Waals surface area contributed by atoms with E-state index in [0.717, 1.165) is 25.9 Å². The molecule has 0 bridgehead atoms. The predicted octanol–water partition coefficient (Wildman–Crippen LogP) is 3.89. The summed E-state index contributed by atoms with van der Waals surface area (Å²) in [6, 6.07) is 9.34. The van der Waals surface area contributed by atoms with Crippen LogP contribution in [0.3, 0.4) is 0 Å². The molecule has 1 aliphatic heterocycles. The molecular formula is C18H27NO2. The van der Waals surface area contributed by atoms with Crippen LogP contribution in [0, 0.1) is 5.92 Å². The van der Waals surface area contributed by atoms with Crippen LogP contribution >= 0.6 is 0 Å². The second-order valence-electron chi connectivity index (χ2n) is 6.21. The van der Waals surface area contributed by atoms with Gasteiger partial charge < -0.3 is 5.11 Å². The molecule has 2 rings (SSSR count). The van der Waals surface area contributed by atoms with Crippen LogP contribution in [0.2, 0.25) is 0 Å². The van der Waals surface area contributed by atoms with Crippen molar-refractivity contribution in [3.05, 3.63) is 35.4 Å². The zero-order chi connectivity index (χ0) is 15.2. The van der Waals surface area contributed by atoms with Gasteiger partial charge in [0.25, 0.3) is 0 Å². The van der Waals surface area contributed by atoms with Crippen LogP contribution in [0.4, 0.5) is 0 Å². The van der Waals surface area contributed by atoms with Gasteiger partial charge in [-0.25, -0.2) is 0 Å². The smallest absolute Gasteiger partial charge is 0.303 e. The van der Waals surface area contributed by atoms with E-state index < -0.39 is 5.97 Å². The van der Waals surface area contributed by atoms with Crippen LogP contribution in [0.25, 0.3) is 0 Å². The number of hydrogen-bond donors (Lipinski definition) is 1. The number of likely N-dealkylation sites (tertiary alicyclic amines) is 1. The molecule has 21 heavy (non-hydrogen) atoms. The zero-order valence-corrected chi connectivity index (χ0v) is 13.2. The summed E-state index contributed by atoms with van der Waals surface area (Å²) in [5.41, 5.74) is 2.75. The molecule has 0 spiro atoms. The van der Waals surface area contributed by atoms with Crippen molar-refractivity contribution in [3.8, 4) is 0 Å². The first kappa shape index (κ1) is 16.0. The average molecular weight is 289 g/mol. The Labute approximate surface area is 128 Å². The molecule has 1 aromatic rings. The van der Waals surface area contributed by atoms with Gasteiger partial charge in [-0.2, -0.15) is 0 Å². The summed E-state index contributed by atoms with van der Waals surface area (Å²) in [5.74, 6) is -0.137. The Morgan fingerprint density at radius 1 is 1.38 bits per heavy atom. The summed E-state index contributed by atoms with van der Waals surface area (Å²) >= 11 is 0. The topological polar surface area (TPSA) is 40.5 Å². The number of benzene rings is 1. The molecular weight excluding hydrogens is 262 g/mol. The fourth-order valence-corrected chi connectivity index (χ4v) is 3.25. The molecule has 2 unspecified atom stereocenters. The summed E-state index contributed by atoms with van der Waals surface area (Å²) in [4.78, 5) is 13.2. The zero-order valence-electron chi connectivity index (χ0n) is 13.2. The summed E-state index contributed by atoms with van der Waals surface area (Å²) in [6.07, 6.45) is 4.55. The van der Waals surface area contributed by atoms with E-state index in [1.807, 2.05) is 0 Å². The molecule has 0 aromatic heterocycles. The molecule has 0 amide bonds. The highest BCUT2D eigenvalue weighted by molar-refractivity contribution is 5.66. The summed E-state index contributed by atoms with van der Waals surface area (Å²) < 4.78 is 0. The highest BCUT2D eigenvalue weighted by Crippen LogP contribution is 2.28. The third-order valence-electron chi connectivity index (χ3n) is 4.73. The molecule has 1 aromatic carbocycles. The number of hydrogen-bond acceptors (Lipinski definition) is 2. The third-order valence-corrected chi connectivity index (χ3v) is 4.73. The maximum Gasteiger partial charge on any atom is 0.303 e. The van der Waals surface area contributed by atoms with Gasteiger partial charge in [0.15, 0.2) is 0 Å². The van der Waals surface area contributed by atoms with E-state index in [1.165, 1.54) is 24.0 Å². The van der Waals surface area contributed by atoms with Crippen molar-refractivity contribution in [2.45, 2.75) is 52.0 Å². The summed E-state index contributed by atoms with van der Waals surface area (Å²) in [7, 11) is 0. The van der Waals surface area contributed by atoms with Gasteiger partial charge in [0.05, 0.1) is 0 Å². The fourth-order valence-electron chi connectivity index (χ4n) is 3.25. The Balaban J connectivity index is 1.94. The predicted molar refractivity (Wildman–Crippen MR) is 85.4 cm³/mol. The van der Waals surface area contributed by atoms with Crippen molar-refractivity contribution in [2.75, 3.05) is 13.1 Å². The van der Waals surface area contributed by atoms with E-state index in [-0.39, 0.29) is 0 Å². The van der Waals surface area contributed by atoms with E-state index >= 15 is 0 Å². The van der Waals surface area contributed by atoms with Gasteiger partial charge in [-0.1, -0.05) is 31.2 Å². The standard InChI is InChI=1S/C18H27NO2/c1-3-15-6-9-17(10-7-15)14(2)19-12-4-5-16(13-19)8-11-18(20)21/h6-7,9-10,14,16H,3-5,8,11-13H2,1-2H3,(H,20,21). The van der Waals surface area contributed by atoms with E-state index in [0.29, 0.717) is 18.4 Å². The molecule has 0 radical (unpaired) electrons. The lowest BCUT2D eigenvalue weighted by molar-refractivity contribution is -0.137. The Kier molecular flexibility index (Phi) is 5.80. The lowest BCUT2D eigenvalue weighted by Gasteiger charge is -2.37. The van der Waals surface area contributed by atoms with Gasteiger partial charge in [-0.05, 0) is 56.2 Å². The Morgan fingerprint density at radius 3 is 2.71 bits per heavy atom. The fraction of sp³-hybridized carbons (Fsp3) is 0.611.